The normalized spacial score (nSPS) is 14.6. The molecule has 1 aromatic heterocycles. The molecule has 0 aliphatic heterocycles. The minimum absolute atomic E-state index is 0.0873. The number of hydrogen-bond donors (Lipinski definition) is 2. The zero-order chi connectivity index (χ0) is 17.4. The molecule has 3 rings (SSSR count). The van der Waals surface area contributed by atoms with E-state index in [9.17, 15) is 13.5 Å². The molecule has 3 aromatic rings. The number of benzene rings is 2. The van der Waals surface area contributed by atoms with Gasteiger partial charge in [-0.25, -0.2) is 13.1 Å². The lowest BCUT2D eigenvalue weighted by atomic mass is 10.1. The number of fused-ring (bicyclic) bond motifs is 1. The zero-order valence-electron chi connectivity index (χ0n) is 13.5. The predicted molar refractivity (Wildman–Crippen MR) is 97.8 cm³/mol. The van der Waals surface area contributed by atoms with Crippen LogP contribution in [0.1, 0.15) is 17.4 Å². The molecular weight excluding hydrogens is 342 g/mol. The quantitative estimate of drug-likeness (QED) is 0.732. The molecule has 126 valence electrons. The summed E-state index contributed by atoms with van der Waals surface area (Å²) in [5.74, 6) is 0. The lowest BCUT2D eigenvalue weighted by Crippen LogP contribution is -2.38. The summed E-state index contributed by atoms with van der Waals surface area (Å²) in [7, 11) is -3.65. The molecule has 0 saturated heterocycles. The monoisotopic (exact) mass is 361 g/mol. The van der Waals surface area contributed by atoms with Gasteiger partial charge in [0.2, 0.25) is 10.0 Å². The van der Waals surface area contributed by atoms with Crippen LogP contribution in [0.4, 0.5) is 0 Å². The highest BCUT2D eigenvalue weighted by molar-refractivity contribution is 7.89. The van der Waals surface area contributed by atoms with Gasteiger partial charge in [-0.05, 0) is 43.5 Å². The summed E-state index contributed by atoms with van der Waals surface area (Å²) in [5, 5.41) is 11.8. The Balaban J connectivity index is 1.80. The lowest BCUT2D eigenvalue weighted by molar-refractivity contribution is 0.0666. The van der Waals surface area contributed by atoms with Crippen LogP contribution in [0.15, 0.2) is 59.5 Å². The van der Waals surface area contributed by atoms with Crippen molar-refractivity contribution in [2.24, 2.45) is 0 Å². The van der Waals surface area contributed by atoms with Gasteiger partial charge in [0.25, 0.3) is 0 Å². The average Bonchev–Trinajstić information content (AvgIpc) is 2.99. The largest absolute Gasteiger partial charge is 0.383 e. The molecule has 6 heteroatoms. The lowest BCUT2D eigenvalue weighted by Gasteiger charge is -2.22. The van der Waals surface area contributed by atoms with Gasteiger partial charge in [0.05, 0.1) is 4.90 Å². The van der Waals surface area contributed by atoms with Crippen molar-refractivity contribution in [1.29, 1.82) is 0 Å². The fourth-order valence-corrected chi connectivity index (χ4v) is 4.61. The fourth-order valence-electron chi connectivity index (χ4n) is 2.37. The number of hydrogen-bond acceptors (Lipinski definition) is 4. The van der Waals surface area contributed by atoms with E-state index in [4.69, 9.17) is 0 Å². The van der Waals surface area contributed by atoms with Gasteiger partial charge >= 0.3 is 0 Å². The van der Waals surface area contributed by atoms with Gasteiger partial charge in [0, 0.05) is 16.1 Å². The molecule has 0 amide bonds. The highest BCUT2D eigenvalue weighted by Crippen LogP contribution is 2.33. The van der Waals surface area contributed by atoms with Crippen LogP contribution < -0.4 is 4.72 Å². The standard InChI is InChI=1S/C18H19NO3S2/c1-13-7-9-15(10-8-13)24(21,22)19-12-18(2,20)17-11-14-5-3-4-6-16(14)23-17/h3-11,19-20H,12H2,1-2H3. The second kappa shape index (κ2) is 6.29. The Labute approximate surface area is 145 Å². The van der Waals surface area contributed by atoms with Gasteiger partial charge in [-0.15, -0.1) is 11.3 Å². The first-order valence-electron chi connectivity index (χ1n) is 7.56. The van der Waals surface area contributed by atoms with Crippen molar-refractivity contribution < 1.29 is 13.5 Å². The maximum atomic E-state index is 12.4. The smallest absolute Gasteiger partial charge is 0.240 e. The van der Waals surface area contributed by atoms with Crippen molar-refractivity contribution in [3.05, 3.63) is 65.0 Å². The Morgan fingerprint density at radius 1 is 1.12 bits per heavy atom. The third kappa shape index (κ3) is 3.52. The zero-order valence-corrected chi connectivity index (χ0v) is 15.1. The first-order valence-corrected chi connectivity index (χ1v) is 9.86. The second-order valence-electron chi connectivity index (χ2n) is 6.06. The topological polar surface area (TPSA) is 66.4 Å². The van der Waals surface area contributed by atoms with Gasteiger partial charge in [-0.1, -0.05) is 35.9 Å². The van der Waals surface area contributed by atoms with E-state index in [0.29, 0.717) is 0 Å². The van der Waals surface area contributed by atoms with E-state index in [1.165, 1.54) is 11.3 Å². The van der Waals surface area contributed by atoms with Crippen molar-refractivity contribution in [2.45, 2.75) is 24.3 Å². The Kier molecular flexibility index (Phi) is 4.48. The number of aliphatic hydroxyl groups is 1. The van der Waals surface area contributed by atoms with Crippen LogP contribution in [0.5, 0.6) is 0 Å². The first-order chi connectivity index (χ1) is 11.3. The molecule has 0 radical (unpaired) electrons. The maximum absolute atomic E-state index is 12.4. The van der Waals surface area contributed by atoms with E-state index < -0.39 is 15.6 Å². The Hall–Kier alpha value is -1.73. The molecule has 24 heavy (non-hydrogen) atoms. The molecule has 0 bridgehead atoms. The van der Waals surface area contributed by atoms with E-state index in [-0.39, 0.29) is 11.4 Å². The Morgan fingerprint density at radius 3 is 2.46 bits per heavy atom. The van der Waals surface area contributed by atoms with E-state index >= 15 is 0 Å². The fraction of sp³-hybridized carbons (Fsp3) is 0.222. The average molecular weight is 361 g/mol. The van der Waals surface area contributed by atoms with Gasteiger partial charge in [0.1, 0.15) is 5.60 Å². The highest BCUT2D eigenvalue weighted by Gasteiger charge is 2.28. The Bertz CT molecular complexity index is 924. The van der Waals surface area contributed by atoms with Crippen LogP contribution >= 0.6 is 11.3 Å². The summed E-state index contributed by atoms with van der Waals surface area (Å²) in [6.45, 7) is 3.43. The number of thiophene rings is 1. The van der Waals surface area contributed by atoms with E-state index in [0.717, 1.165) is 20.5 Å². The summed E-state index contributed by atoms with van der Waals surface area (Å²) in [5.41, 5.74) is -0.284. The predicted octanol–water partition coefficient (Wildman–Crippen LogP) is 3.40. The molecule has 2 N–H and O–H groups in total. The molecule has 1 heterocycles. The summed E-state index contributed by atoms with van der Waals surface area (Å²) >= 11 is 1.47. The number of rotatable bonds is 5. The minimum atomic E-state index is -3.65. The molecule has 1 atom stereocenters. The van der Waals surface area contributed by atoms with Crippen molar-refractivity contribution in [3.8, 4) is 0 Å². The molecular formula is C18H19NO3S2. The van der Waals surface area contributed by atoms with Gasteiger partial charge in [-0.2, -0.15) is 0 Å². The number of sulfonamides is 1. The molecule has 0 spiro atoms. The third-order valence-corrected chi connectivity index (χ3v) is 6.68. The van der Waals surface area contributed by atoms with E-state index in [1.54, 1.807) is 31.2 Å². The van der Waals surface area contributed by atoms with Crippen LogP contribution in [0.2, 0.25) is 0 Å². The molecule has 0 saturated carbocycles. The molecule has 0 fully saturated rings. The Morgan fingerprint density at radius 2 is 1.79 bits per heavy atom. The molecule has 2 aromatic carbocycles. The van der Waals surface area contributed by atoms with Crippen LogP contribution in [0, 0.1) is 6.92 Å². The van der Waals surface area contributed by atoms with Crippen molar-refractivity contribution in [3.63, 3.8) is 0 Å². The first kappa shape index (κ1) is 17.1. The van der Waals surface area contributed by atoms with E-state index in [2.05, 4.69) is 4.72 Å². The summed E-state index contributed by atoms with van der Waals surface area (Å²) in [4.78, 5) is 0.926. The van der Waals surface area contributed by atoms with E-state index in [1.807, 2.05) is 37.3 Å². The van der Waals surface area contributed by atoms with Crippen LogP contribution in [0.3, 0.4) is 0 Å². The summed E-state index contributed by atoms with van der Waals surface area (Å²) in [6, 6.07) is 16.4. The molecule has 4 nitrogen and oxygen atoms in total. The summed E-state index contributed by atoms with van der Waals surface area (Å²) in [6.07, 6.45) is 0. The SMILES string of the molecule is Cc1ccc(S(=O)(=O)NCC(C)(O)c2cc3ccccc3s2)cc1. The van der Waals surface area contributed by atoms with Gasteiger partial charge in [-0.3, -0.25) is 0 Å². The summed E-state index contributed by atoms with van der Waals surface area (Å²) < 4.78 is 28.3. The molecule has 0 aliphatic rings. The highest BCUT2D eigenvalue weighted by atomic mass is 32.2. The van der Waals surface area contributed by atoms with Crippen LogP contribution in [-0.4, -0.2) is 20.1 Å². The van der Waals surface area contributed by atoms with Crippen molar-refractivity contribution >= 4 is 31.4 Å². The van der Waals surface area contributed by atoms with Crippen molar-refractivity contribution in [1.82, 2.24) is 4.72 Å². The van der Waals surface area contributed by atoms with Gasteiger partial charge in [0.15, 0.2) is 0 Å². The third-order valence-electron chi connectivity index (χ3n) is 3.89. The number of aryl methyl sites for hydroxylation is 1. The molecule has 0 aliphatic carbocycles. The van der Waals surface area contributed by atoms with Crippen LogP contribution in [-0.2, 0) is 15.6 Å². The maximum Gasteiger partial charge on any atom is 0.240 e. The second-order valence-corrected chi connectivity index (χ2v) is 8.91. The number of nitrogens with one attached hydrogen (secondary N) is 1. The molecule has 1 unspecified atom stereocenters. The van der Waals surface area contributed by atoms with Crippen LogP contribution in [0.25, 0.3) is 10.1 Å². The minimum Gasteiger partial charge on any atom is -0.383 e. The van der Waals surface area contributed by atoms with Gasteiger partial charge < -0.3 is 5.11 Å². The van der Waals surface area contributed by atoms with Crippen molar-refractivity contribution in [2.75, 3.05) is 6.54 Å².